The van der Waals surface area contributed by atoms with Crippen molar-refractivity contribution in [2.75, 3.05) is 17.4 Å². The molecule has 0 aromatic heterocycles. The molecule has 230 valence electrons. The minimum absolute atomic E-state index is 0.0551. The van der Waals surface area contributed by atoms with Gasteiger partial charge in [-0.3, -0.25) is 13.9 Å². The van der Waals surface area contributed by atoms with E-state index < -0.39 is 28.5 Å². The van der Waals surface area contributed by atoms with Gasteiger partial charge in [-0.1, -0.05) is 98.2 Å². The number of sulfonamides is 1. The first-order valence-electron chi connectivity index (χ1n) is 14.6. The van der Waals surface area contributed by atoms with Crippen molar-refractivity contribution in [3.63, 3.8) is 0 Å². The average Bonchev–Trinajstić information content (AvgIpc) is 3.02. The van der Waals surface area contributed by atoms with Crippen molar-refractivity contribution in [3.05, 3.63) is 131 Å². The summed E-state index contributed by atoms with van der Waals surface area (Å²) in [6.07, 6.45) is 0.244. The Morgan fingerprint density at radius 3 is 2.02 bits per heavy atom. The first-order valence-corrected chi connectivity index (χ1v) is 16.4. The van der Waals surface area contributed by atoms with Crippen LogP contribution in [-0.4, -0.2) is 44.3 Å². The van der Waals surface area contributed by atoms with Gasteiger partial charge < -0.3 is 10.2 Å². The molecule has 4 aromatic carbocycles. The molecule has 0 bridgehead atoms. The van der Waals surface area contributed by atoms with E-state index in [4.69, 9.17) is 11.6 Å². The smallest absolute Gasteiger partial charge is 0.264 e. The highest BCUT2D eigenvalue weighted by atomic mass is 35.5. The van der Waals surface area contributed by atoms with Gasteiger partial charge in [-0.05, 0) is 65.9 Å². The highest BCUT2D eigenvalue weighted by Gasteiger charge is 2.34. The third-order valence-corrected chi connectivity index (χ3v) is 9.35. The third kappa shape index (κ3) is 8.27. The van der Waals surface area contributed by atoms with Crippen LogP contribution in [0.2, 0.25) is 5.02 Å². The van der Waals surface area contributed by atoms with Crippen LogP contribution in [0.3, 0.4) is 0 Å². The molecule has 1 N–H and O–H groups in total. The third-order valence-electron chi connectivity index (χ3n) is 7.32. The summed E-state index contributed by atoms with van der Waals surface area (Å²) in [5.41, 5.74) is 2.98. The van der Waals surface area contributed by atoms with Crippen LogP contribution >= 0.6 is 11.6 Å². The second-order valence-electron chi connectivity index (χ2n) is 10.8. The molecule has 4 aromatic rings. The molecule has 0 aliphatic carbocycles. The van der Waals surface area contributed by atoms with Crippen molar-refractivity contribution >= 4 is 39.1 Å². The molecule has 9 heteroatoms. The van der Waals surface area contributed by atoms with Crippen LogP contribution in [-0.2, 0) is 32.6 Å². The van der Waals surface area contributed by atoms with Gasteiger partial charge in [-0.15, -0.1) is 0 Å². The summed E-state index contributed by atoms with van der Waals surface area (Å²) >= 11 is 6.29. The molecule has 0 fully saturated rings. The minimum atomic E-state index is -4.15. The lowest BCUT2D eigenvalue weighted by Crippen LogP contribution is -2.53. The van der Waals surface area contributed by atoms with E-state index in [1.54, 1.807) is 48.5 Å². The molecule has 0 saturated carbocycles. The predicted molar refractivity (Wildman–Crippen MR) is 176 cm³/mol. The maximum absolute atomic E-state index is 14.4. The molecular formula is C35H38ClN3O4S. The summed E-state index contributed by atoms with van der Waals surface area (Å²) in [4.78, 5) is 29.5. The maximum atomic E-state index is 14.4. The number of carbonyl (C=O) groups is 2. The predicted octanol–water partition coefficient (Wildman–Crippen LogP) is 6.43. The monoisotopic (exact) mass is 631 g/mol. The van der Waals surface area contributed by atoms with Crippen molar-refractivity contribution in [2.45, 2.75) is 50.6 Å². The number of amides is 2. The molecule has 7 nitrogen and oxygen atoms in total. The van der Waals surface area contributed by atoms with E-state index in [0.717, 1.165) is 15.4 Å². The first-order chi connectivity index (χ1) is 21.1. The zero-order valence-electron chi connectivity index (χ0n) is 25.2. The van der Waals surface area contributed by atoms with Crippen molar-refractivity contribution in [3.8, 4) is 0 Å². The van der Waals surface area contributed by atoms with Crippen molar-refractivity contribution in [1.29, 1.82) is 0 Å². The molecule has 0 radical (unpaired) electrons. The fourth-order valence-electron chi connectivity index (χ4n) is 4.95. The summed E-state index contributed by atoms with van der Waals surface area (Å²) in [6.45, 7) is 5.84. The SMILES string of the molecule is CCNC(=O)[C@@H](Cc1ccccc1)N(Cc1cccc(Cl)c1)C(=O)CN(c1ccc(C(C)C)cc1)S(=O)(=O)c1ccccc1. The number of likely N-dealkylation sites (N-methyl/N-ethyl adjacent to an activating group) is 1. The van der Waals surface area contributed by atoms with E-state index in [2.05, 4.69) is 19.2 Å². The largest absolute Gasteiger partial charge is 0.355 e. The zero-order valence-corrected chi connectivity index (χ0v) is 26.8. The fraction of sp³-hybridized carbons (Fsp3) is 0.257. The highest BCUT2D eigenvalue weighted by molar-refractivity contribution is 7.92. The molecule has 0 aliphatic rings. The van der Waals surface area contributed by atoms with Gasteiger partial charge in [0.2, 0.25) is 11.8 Å². The quantitative estimate of drug-likeness (QED) is 0.184. The van der Waals surface area contributed by atoms with Gasteiger partial charge in [0.15, 0.2) is 0 Å². The van der Waals surface area contributed by atoms with E-state index in [9.17, 15) is 18.0 Å². The van der Waals surface area contributed by atoms with Gasteiger partial charge in [0, 0.05) is 24.5 Å². The summed E-state index contributed by atoms with van der Waals surface area (Å²) in [5.74, 6) is -0.607. The summed E-state index contributed by atoms with van der Waals surface area (Å²) < 4.78 is 29.3. The molecule has 44 heavy (non-hydrogen) atoms. The number of nitrogens with zero attached hydrogens (tertiary/aromatic N) is 2. The van der Waals surface area contributed by atoms with Crippen molar-refractivity contribution in [1.82, 2.24) is 10.2 Å². The Labute approximate surface area is 265 Å². The van der Waals surface area contributed by atoms with Gasteiger partial charge in [-0.25, -0.2) is 8.42 Å². The number of rotatable bonds is 13. The fourth-order valence-corrected chi connectivity index (χ4v) is 6.60. The zero-order chi connectivity index (χ0) is 31.7. The van der Waals surface area contributed by atoms with Crippen LogP contribution in [0.25, 0.3) is 0 Å². The number of anilines is 1. The van der Waals surface area contributed by atoms with Crippen LogP contribution in [0.1, 0.15) is 43.4 Å². The Morgan fingerprint density at radius 1 is 0.818 bits per heavy atom. The molecule has 4 rings (SSSR count). The molecule has 0 heterocycles. The van der Waals surface area contributed by atoms with E-state index in [0.29, 0.717) is 22.8 Å². The number of carbonyl (C=O) groups excluding carboxylic acids is 2. The molecule has 0 spiro atoms. The van der Waals surface area contributed by atoms with Crippen molar-refractivity contribution in [2.24, 2.45) is 0 Å². The number of hydrogen-bond donors (Lipinski definition) is 1. The Morgan fingerprint density at radius 2 is 1.43 bits per heavy atom. The van der Waals surface area contributed by atoms with Crippen LogP contribution in [0, 0.1) is 0 Å². The lowest BCUT2D eigenvalue weighted by molar-refractivity contribution is -0.140. The Kier molecular flexibility index (Phi) is 11.2. The van der Waals surface area contributed by atoms with E-state index in [-0.39, 0.29) is 29.7 Å². The molecule has 0 saturated heterocycles. The van der Waals surface area contributed by atoms with E-state index in [1.807, 2.05) is 55.5 Å². The second kappa shape index (κ2) is 15.0. The van der Waals surface area contributed by atoms with Gasteiger partial charge in [0.1, 0.15) is 12.6 Å². The molecular weight excluding hydrogens is 594 g/mol. The number of halogens is 1. The molecule has 2 amide bonds. The van der Waals surface area contributed by atoms with Gasteiger partial charge in [-0.2, -0.15) is 0 Å². The van der Waals surface area contributed by atoms with Gasteiger partial charge in [0.05, 0.1) is 10.6 Å². The number of hydrogen-bond acceptors (Lipinski definition) is 4. The van der Waals surface area contributed by atoms with Gasteiger partial charge in [0.25, 0.3) is 10.0 Å². The van der Waals surface area contributed by atoms with E-state index >= 15 is 0 Å². The second-order valence-corrected chi connectivity index (χ2v) is 13.1. The topological polar surface area (TPSA) is 86.8 Å². The number of nitrogens with one attached hydrogen (secondary N) is 1. The van der Waals surface area contributed by atoms with Gasteiger partial charge >= 0.3 is 0 Å². The normalized spacial score (nSPS) is 12.0. The molecule has 0 aliphatic heterocycles. The summed E-state index contributed by atoms with van der Waals surface area (Å²) in [6, 6.07) is 30.8. The lowest BCUT2D eigenvalue weighted by Gasteiger charge is -2.34. The molecule has 0 unspecified atom stereocenters. The lowest BCUT2D eigenvalue weighted by atomic mass is 10.0. The average molecular weight is 632 g/mol. The maximum Gasteiger partial charge on any atom is 0.264 e. The Hall–Kier alpha value is -4.14. The summed E-state index contributed by atoms with van der Waals surface area (Å²) in [5, 5.41) is 3.36. The van der Waals surface area contributed by atoms with E-state index in [1.165, 1.54) is 17.0 Å². The number of benzene rings is 4. The molecule has 1 atom stereocenters. The van der Waals surface area contributed by atoms with Crippen LogP contribution in [0.15, 0.2) is 114 Å². The highest BCUT2D eigenvalue weighted by Crippen LogP contribution is 2.27. The minimum Gasteiger partial charge on any atom is -0.355 e. The summed E-state index contributed by atoms with van der Waals surface area (Å²) in [7, 11) is -4.15. The van der Waals surface area contributed by atoms with Crippen LogP contribution < -0.4 is 9.62 Å². The standard InChI is InChI=1S/C35H38ClN3O4S/c1-4-37-35(41)33(23-27-12-7-5-8-13-27)38(24-28-14-11-15-30(36)22-28)34(40)25-39(31-20-18-29(19-21-31)26(2)3)44(42,43)32-16-9-6-10-17-32/h5-22,26,33H,4,23-25H2,1-3H3,(H,37,41)/t33-/m1/s1. The van der Waals surface area contributed by atoms with Crippen LogP contribution in [0.5, 0.6) is 0 Å². The van der Waals surface area contributed by atoms with Crippen LogP contribution in [0.4, 0.5) is 5.69 Å². The van der Waals surface area contributed by atoms with Crippen molar-refractivity contribution < 1.29 is 18.0 Å². The first kappa shape index (κ1) is 32.8. The Bertz CT molecular complexity index is 1650. The Balaban J connectivity index is 1.79.